The summed E-state index contributed by atoms with van der Waals surface area (Å²) in [6.07, 6.45) is 8.60. The molecular weight excluding hydrogens is 252 g/mol. The van der Waals surface area contributed by atoms with Crippen LogP contribution >= 0.6 is 0 Å². The van der Waals surface area contributed by atoms with E-state index in [-0.39, 0.29) is 23.9 Å². The number of amides is 2. The van der Waals surface area contributed by atoms with Gasteiger partial charge in [-0.3, -0.25) is 14.5 Å². The zero-order chi connectivity index (χ0) is 15.0. The van der Waals surface area contributed by atoms with Crippen LogP contribution in [-0.2, 0) is 9.59 Å². The molecule has 2 amide bonds. The van der Waals surface area contributed by atoms with E-state index >= 15 is 0 Å². The molecule has 0 aliphatic carbocycles. The first-order valence-corrected chi connectivity index (χ1v) is 8.21. The lowest BCUT2D eigenvalue weighted by molar-refractivity contribution is -0.141. The molecule has 1 saturated heterocycles. The average molecular weight is 282 g/mol. The van der Waals surface area contributed by atoms with Gasteiger partial charge in [-0.05, 0) is 26.3 Å². The van der Waals surface area contributed by atoms with Crippen LogP contribution in [0.2, 0.25) is 0 Å². The van der Waals surface area contributed by atoms with Gasteiger partial charge >= 0.3 is 0 Å². The summed E-state index contributed by atoms with van der Waals surface area (Å²) in [7, 11) is 0. The molecule has 1 aliphatic heterocycles. The van der Waals surface area contributed by atoms with E-state index < -0.39 is 0 Å². The van der Waals surface area contributed by atoms with Gasteiger partial charge < -0.3 is 5.32 Å². The Bertz CT molecular complexity index is 318. The van der Waals surface area contributed by atoms with Crippen LogP contribution in [0.1, 0.15) is 72.1 Å². The Morgan fingerprint density at radius 3 is 2.45 bits per heavy atom. The molecule has 0 aromatic carbocycles. The Morgan fingerprint density at radius 1 is 1.15 bits per heavy atom. The van der Waals surface area contributed by atoms with Crippen LogP contribution in [0.25, 0.3) is 0 Å². The fourth-order valence-electron chi connectivity index (χ4n) is 2.64. The van der Waals surface area contributed by atoms with Crippen molar-refractivity contribution in [1.29, 1.82) is 0 Å². The van der Waals surface area contributed by atoms with Crippen molar-refractivity contribution in [3.05, 3.63) is 0 Å². The van der Waals surface area contributed by atoms with Crippen LogP contribution in [0.15, 0.2) is 0 Å². The number of likely N-dealkylation sites (tertiary alicyclic amines) is 1. The molecule has 2 unspecified atom stereocenters. The highest BCUT2D eigenvalue weighted by atomic mass is 16.2. The molecule has 0 aromatic rings. The minimum Gasteiger partial charge on any atom is -0.305 e. The van der Waals surface area contributed by atoms with Gasteiger partial charge in [-0.1, -0.05) is 46.0 Å². The Balaban J connectivity index is 2.22. The maximum atomic E-state index is 12.2. The van der Waals surface area contributed by atoms with Crippen LogP contribution in [0.4, 0.5) is 0 Å². The van der Waals surface area contributed by atoms with Crippen LogP contribution < -0.4 is 5.32 Å². The summed E-state index contributed by atoms with van der Waals surface area (Å²) in [4.78, 5) is 25.5. The Hall–Kier alpha value is -0.900. The average Bonchev–Trinajstić information content (AvgIpc) is 2.72. The van der Waals surface area contributed by atoms with Crippen LogP contribution in [-0.4, -0.2) is 35.3 Å². The van der Waals surface area contributed by atoms with E-state index in [2.05, 4.69) is 12.2 Å². The predicted octanol–water partition coefficient (Wildman–Crippen LogP) is 2.86. The van der Waals surface area contributed by atoms with Gasteiger partial charge in [-0.2, -0.15) is 0 Å². The molecule has 0 saturated carbocycles. The van der Waals surface area contributed by atoms with E-state index in [4.69, 9.17) is 0 Å². The summed E-state index contributed by atoms with van der Waals surface area (Å²) in [5.41, 5.74) is 0. The van der Waals surface area contributed by atoms with Gasteiger partial charge in [-0.25, -0.2) is 0 Å². The van der Waals surface area contributed by atoms with Gasteiger partial charge in [-0.15, -0.1) is 0 Å². The number of hydrogen-bond donors (Lipinski definition) is 1. The highest BCUT2D eigenvalue weighted by Gasteiger charge is 2.39. The third-order valence-electron chi connectivity index (χ3n) is 4.14. The first kappa shape index (κ1) is 17.2. The van der Waals surface area contributed by atoms with Crippen LogP contribution in [0.5, 0.6) is 0 Å². The molecule has 0 aromatic heterocycles. The molecule has 0 radical (unpaired) electrons. The first-order valence-electron chi connectivity index (χ1n) is 8.21. The molecule has 2 atom stereocenters. The fourth-order valence-corrected chi connectivity index (χ4v) is 2.64. The van der Waals surface area contributed by atoms with Gasteiger partial charge in [0.25, 0.3) is 0 Å². The lowest BCUT2D eigenvalue weighted by Crippen LogP contribution is -2.42. The van der Waals surface area contributed by atoms with Crippen LogP contribution in [0.3, 0.4) is 0 Å². The maximum absolute atomic E-state index is 12.2. The smallest absolute Gasteiger partial charge is 0.247 e. The van der Waals surface area contributed by atoms with Gasteiger partial charge in [0.05, 0.1) is 12.5 Å². The molecule has 1 fully saturated rings. The maximum Gasteiger partial charge on any atom is 0.247 e. The molecule has 0 bridgehead atoms. The van der Waals surface area contributed by atoms with Crippen molar-refractivity contribution in [2.24, 2.45) is 0 Å². The third-order valence-corrected chi connectivity index (χ3v) is 4.14. The summed E-state index contributed by atoms with van der Waals surface area (Å²) >= 11 is 0. The Morgan fingerprint density at radius 2 is 1.80 bits per heavy atom. The molecule has 0 spiro atoms. The Kier molecular flexibility index (Phi) is 7.82. The van der Waals surface area contributed by atoms with E-state index in [0.29, 0.717) is 6.42 Å². The van der Waals surface area contributed by atoms with Crippen LogP contribution in [0, 0.1) is 0 Å². The monoisotopic (exact) mass is 282 g/mol. The summed E-state index contributed by atoms with van der Waals surface area (Å²) in [6.45, 7) is 6.99. The van der Waals surface area contributed by atoms with Gasteiger partial charge in [0, 0.05) is 6.04 Å². The molecule has 20 heavy (non-hydrogen) atoms. The van der Waals surface area contributed by atoms with Crippen molar-refractivity contribution in [3.63, 3.8) is 0 Å². The lowest BCUT2D eigenvalue weighted by Gasteiger charge is -2.21. The van der Waals surface area contributed by atoms with Crippen molar-refractivity contribution in [2.45, 2.75) is 84.2 Å². The van der Waals surface area contributed by atoms with Crippen molar-refractivity contribution < 1.29 is 9.59 Å². The third kappa shape index (κ3) is 4.89. The number of carbonyl (C=O) groups is 2. The molecule has 1 heterocycles. The summed E-state index contributed by atoms with van der Waals surface area (Å²) in [5.74, 6) is -0.0554. The van der Waals surface area contributed by atoms with Gasteiger partial charge in [0.15, 0.2) is 0 Å². The lowest BCUT2D eigenvalue weighted by atomic mass is 10.1. The van der Waals surface area contributed by atoms with E-state index in [0.717, 1.165) is 19.4 Å². The van der Waals surface area contributed by atoms with E-state index in [1.807, 2.05) is 13.8 Å². The number of imide groups is 1. The first-order chi connectivity index (χ1) is 9.61. The molecule has 4 nitrogen and oxygen atoms in total. The molecule has 4 heteroatoms. The normalized spacial score (nSPS) is 20.8. The minimum atomic E-state index is -0.285. The highest BCUT2D eigenvalue weighted by molar-refractivity contribution is 6.05. The zero-order valence-corrected chi connectivity index (χ0v) is 13.3. The summed E-state index contributed by atoms with van der Waals surface area (Å²) in [6, 6.07) is -0.261. The quantitative estimate of drug-likeness (QED) is 0.495. The second kappa shape index (κ2) is 9.11. The van der Waals surface area contributed by atoms with Crippen molar-refractivity contribution in [1.82, 2.24) is 10.2 Å². The standard InChI is InChI=1S/C16H30N2O2/c1-4-6-7-8-9-10-11-17-14-12-15(19)18(16(14)20)13(3)5-2/h13-14,17H,4-12H2,1-3H3. The summed E-state index contributed by atoms with van der Waals surface area (Å²) in [5, 5.41) is 3.25. The van der Waals surface area contributed by atoms with Gasteiger partial charge in [0.2, 0.25) is 11.8 Å². The van der Waals surface area contributed by atoms with E-state index in [1.54, 1.807) is 0 Å². The Labute approximate surface area is 123 Å². The van der Waals surface area contributed by atoms with Crippen molar-refractivity contribution in [2.75, 3.05) is 6.54 Å². The fraction of sp³-hybridized carbons (Fsp3) is 0.875. The molecule has 1 rings (SSSR count). The zero-order valence-electron chi connectivity index (χ0n) is 13.3. The second-order valence-corrected chi connectivity index (χ2v) is 5.84. The minimum absolute atomic E-state index is 0.0233. The number of hydrogen-bond acceptors (Lipinski definition) is 3. The largest absolute Gasteiger partial charge is 0.305 e. The van der Waals surface area contributed by atoms with E-state index in [1.165, 1.54) is 37.0 Å². The van der Waals surface area contributed by atoms with Crippen molar-refractivity contribution in [3.8, 4) is 0 Å². The molecular formula is C16H30N2O2. The summed E-state index contributed by atoms with van der Waals surface area (Å²) < 4.78 is 0. The number of unbranched alkanes of at least 4 members (excludes halogenated alkanes) is 5. The van der Waals surface area contributed by atoms with Gasteiger partial charge in [0.1, 0.15) is 0 Å². The van der Waals surface area contributed by atoms with E-state index in [9.17, 15) is 9.59 Å². The SMILES string of the molecule is CCCCCCCCNC1CC(=O)N(C(C)CC)C1=O. The van der Waals surface area contributed by atoms with Crippen molar-refractivity contribution >= 4 is 11.8 Å². The highest BCUT2D eigenvalue weighted by Crippen LogP contribution is 2.18. The molecule has 116 valence electrons. The number of carbonyl (C=O) groups excluding carboxylic acids is 2. The molecule has 1 aliphatic rings. The molecule has 1 N–H and O–H groups in total. The topological polar surface area (TPSA) is 49.4 Å². The predicted molar refractivity (Wildman–Crippen MR) is 81.4 cm³/mol. The number of rotatable bonds is 10. The number of nitrogens with one attached hydrogen (secondary N) is 1. The number of nitrogens with zero attached hydrogens (tertiary/aromatic N) is 1. The second-order valence-electron chi connectivity index (χ2n) is 5.84.